The van der Waals surface area contributed by atoms with E-state index in [1.165, 1.54) is 6.92 Å². The summed E-state index contributed by atoms with van der Waals surface area (Å²) < 4.78 is 31.4. The van der Waals surface area contributed by atoms with Crippen LogP contribution in [0.3, 0.4) is 0 Å². The van der Waals surface area contributed by atoms with Gasteiger partial charge in [0, 0.05) is 5.57 Å². The Hall–Kier alpha value is -1.21. The summed E-state index contributed by atoms with van der Waals surface area (Å²) in [5.74, 6) is -1.49. The molecule has 8 nitrogen and oxygen atoms in total. The number of hydrogen-bond acceptors (Lipinski definition) is 8. The predicted octanol–water partition coefficient (Wildman–Crippen LogP) is 1.28. The summed E-state index contributed by atoms with van der Waals surface area (Å²) in [6.07, 6.45) is -1.74. The molecule has 1 unspecified atom stereocenters. The van der Waals surface area contributed by atoms with Crippen molar-refractivity contribution in [2.24, 2.45) is 0 Å². The van der Waals surface area contributed by atoms with Crippen LogP contribution < -0.4 is 0 Å². The number of rotatable bonds is 11. The Labute approximate surface area is 129 Å². The molecule has 128 valence electrons. The van der Waals surface area contributed by atoms with E-state index in [0.717, 1.165) is 0 Å². The van der Waals surface area contributed by atoms with Crippen molar-refractivity contribution in [1.29, 1.82) is 0 Å². The number of hydrogen-bond donors (Lipinski definition) is 1. The Kier molecular flexibility index (Phi) is 9.93. The van der Waals surface area contributed by atoms with Crippen LogP contribution in [0.1, 0.15) is 20.8 Å². The standard InChI is InChI=1S/C13H23O8P/c1-5-20-22(17,21-6-2)9-12(15)18-7-11(14)8-19-13(16)10(3)4/h11,14H,3,5-9H2,1-2,4H3. The van der Waals surface area contributed by atoms with E-state index in [9.17, 15) is 19.3 Å². The smallest absolute Gasteiger partial charge is 0.341 e. The van der Waals surface area contributed by atoms with E-state index in [4.69, 9.17) is 18.5 Å². The fourth-order valence-electron chi connectivity index (χ4n) is 1.26. The Bertz CT molecular complexity index is 424. The van der Waals surface area contributed by atoms with Crippen molar-refractivity contribution < 1.29 is 37.8 Å². The second-order valence-electron chi connectivity index (χ2n) is 4.32. The predicted molar refractivity (Wildman–Crippen MR) is 78.5 cm³/mol. The Morgan fingerprint density at radius 2 is 1.64 bits per heavy atom. The molecule has 0 aromatic rings. The topological polar surface area (TPSA) is 108 Å². The summed E-state index contributed by atoms with van der Waals surface area (Å²) >= 11 is 0. The van der Waals surface area contributed by atoms with Gasteiger partial charge in [-0.25, -0.2) is 4.79 Å². The molecular weight excluding hydrogens is 315 g/mol. The lowest BCUT2D eigenvalue weighted by Gasteiger charge is -2.17. The molecule has 0 aliphatic carbocycles. The minimum Gasteiger partial charge on any atom is -0.462 e. The maximum absolute atomic E-state index is 12.1. The molecule has 0 heterocycles. The minimum absolute atomic E-state index is 0.129. The number of carbonyl (C=O) groups is 2. The van der Waals surface area contributed by atoms with E-state index in [-0.39, 0.29) is 25.4 Å². The molecule has 0 saturated carbocycles. The highest BCUT2D eigenvalue weighted by Gasteiger charge is 2.29. The highest BCUT2D eigenvalue weighted by atomic mass is 31.2. The molecule has 0 aliphatic heterocycles. The van der Waals surface area contributed by atoms with Crippen molar-refractivity contribution in [1.82, 2.24) is 0 Å². The molecule has 0 aromatic carbocycles. The van der Waals surface area contributed by atoms with Crippen molar-refractivity contribution in [3.8, 4) is 0 Å². The maximum Gasteiger partial charge on any atom is 0.341 e. The highest BCUT2D eigenvalue weighted by Crippen LogP contribution is 2.47. The van der Waals surface area contributed by atoms with Gasteiger partial charge in [0.2, 0.25) is 0 Å². The van der Waals surface area contributed by atoms with Crippen LogP contribution in [-0.4, -0.2) is 55.7 Å². The molecule has 9 heteroatoms. The van der Waals surface area contributed by atoms with Gasteiger partial charge in [-0.15, -0.1) is 0 Å². The van der Waals surface area contributed by atoms with E-state index in [1.54, 1.807) is 13.8 Å². The van der Waals surface area contributed by atoms with E-state index in [1.807, 2.05) is 0 Å². The molecule has 0 saturated heterocycles. The zero-order valence-corrected chi connectivity index (χ0v) is 14.0. The summed E-state index contributed by atoms with van der Waals surface area (Å²) in [6.45, 7) is 7.61. The van der Waals surface area contributed by atoms with Crippen LogP contribution in [0.25, 0.3) is 0 Å². The summed E-state index contributed by atoms with van der Waals surface area (Å²) in [7, 11) is -3.53. The number of aliphatic hydroxyl groups is 1. The largest absolute Gasteiger partial charge is 0.462 e. The van der Waals surface area contributed by atoms with Crippen LogP contribution in [-0.2, 0) is 32.7 Å². The van der Waals surface area contributed by atoms with E-state index < -0.39 is 38.4 Å². The van der Waals surface area contributed by atoms with Crippen LogP contribution in [0, 0.1) is 0 Å². The lowest BCUT2D eigenvalue weighted by atomic mass is 10.3. The van der Waals surface area contributed by atoms with Gasteiger partial charge in [-0.1, -0.05) is 6.58 Å². The summed E-state index contributed by atoms with van der Waals surface area (Å²) in [5, 5.41) is 9.52. The first-order valence-electron chi connectivity index (χ1n) is 6.78. The van der Waals surface area contributed by atoms with Gasteiger partial charge >= 0.3 is 19.5 Å². The molecule has 22 heavy (non-hydrogen) atoms. The SMILES string of the molecule is C=C(C)C(=O)OCC(O)COC(=O)CP(=O)(OCC)OCC. The first-order valence-corrected chi connectivity index (χ1v) is 8.51. The lowest BCUT2D eigenvalue weighted by molar-refractivity contribution is -0.148. The third-order valence-corrected chi connectivity index (χ3v) is 4.12. The fourth-order valence-corrected chi connectivity index (χ4v) is 2.71. The molecule has 0 fully saturated rings. The molecular formula is C13H23O8P. The van der Waals surface area contributed by atoms with Crippen LogP contribution in [0.2, 0.25) is 0 Å². The van der Waals surface area contributed by atoms with Crippen LogP contribution >= 0.6 is 7.60 Å². The van der Waals surface area contributed by atoms with Gasteiger partial charge in [0.05, 0.1) is 13.2 Å². The number of carbonyl (C=O) groups excluding carboxylic acids is 2. The average Bonchev–Trinajstić information content (AvgIpc) is 2.42. The molecule has 1 N–H and O–H groups in total. The number of aliphatic hydroxyl groups excluding tert-OH is 1. The normalized spacial score (nSPS) is 12.5. The lowest BCUT2D eigenvalue weighted by Crippen LogP contribution is -2.26. The summed E-state index contributed by atoms with van der Waals surface area (Å²) in [4.78, 5) is 22.7. The third kappa shape index (κ3) is 8.94. The van der Waals surface area contributed by atoms with Gasteiger partial charge in [0.15, 0.2) is 0 Å². The van der Waals surface area contributed by atoms with Crippen LogP contribution in [0.5, 0.6) is 0 Å². The average molecular weight is 338 g/mol. The van der Waals surface area contributed by atoms with Gasteiger partial charge in [0.1, 0.15) is 25.5 Å². The minimum atomic E-state index is -3.53. The van der Waals surface area contributed by atoms with Crippen LogP contribution in [0.4, 0.5) is 0 Å². The van der Waals surface area contributed by atoms with Crippen LogP contribution in [0.15, 0.2) is 12.2 Å². The second kappa shape index (κ2) is 10.5. The number of ether oxygens (including phenoxy) is 2. The van der Waals surface area contributed by atoms with Gasteiger partial charge in [0.25, 0.3) is 0 Å². The van der Waals surface area contributed by atoms with Gasteiger partial charge < -0.3 is 23.6 Å². The second-order valence-corrected chi connectivity index (χ2v) is 6.37. The molecule has 0 aromatic heterocycles. The summed E-state index contributed by atoms with van der Waals surface area (Å²) in [6, 6.07) is 0. The van der Waals surface area contributed by atoms with E-state index in [0.29, 0.717) is 0 Å². The Morgan fingerprint density at radius 1 is 1.14 bits per heavy atom. The molecule has 0 bridgehead atoms. The van der Waals surface area contributed by atoms with E-state index >= 15 is 0 Å². The van der Waals surface area contributed by atoms with Gasteiger partial charge in [-0.2, -0.15) is 0 Å². The van der Waals surface area contributed by atoms with Gasteiger partial charge in [-0.05, 0) is 20.8 Å². The molecule has 0 radical (unpaired) electrons. The molecule has 1 atom stereocenters. The summed E-state index contributed by atoms with van der Waals surface area (Å²) in [5.41, 5.74) is 0.193. The monoisotopic (exact) mass is 338 g/mol. The van der Waals surface area contributed by atoms with Crippen molar-refractivity contribution in [2.45, 2.75) is 26.9 Å². The fraction of sp³-hybridized carbons (Fsp3) is 0.692. The number of esters is 2. The first-order chi connectivity index (χ1) is 10.2. The zero-order valence-electron chi connectivity index (χ0n) is 13.1. The van der Waals surface area contributed by atoms with Crippen molar-refractivity contribution in [3.63, 3.8) is 0 Å². The van der Waals surface area contributed by atoms with Crippen molar-refractivity contribution >= 4 is 19.5 Å². The van der Waals surface area contributed by atoms with Crippen molar-refractivity contribution in [3.05, 3.63) is 12.2 Å². The molecule has 0 rings (SSSR count). The Morgan fingerprint density at radius 3 is 2.09 bits per heavy atom. The zero-order chi connectivity index (χ0) is 17.2. The Balaban J connectivity index is 4.18. The first kappa shape index (κ1) is 20.8. The third-order valence-electron chi connectivity index (χ3n) is 2.17. The highest BCUT2D eigenvalue weighted by molar-refractivity contribution is 7.54. The quantitative estimate of drug-likeness (QED) is 0.341. The van der Waals surface area contributed by atoms with E-state index in [2.05, 4.69) is 6.58 Å². The molecule has 0 aliphatic rings. The van der Waals surface area contributed by atoms with Crippen molar-refractivity contribution in [2.75, 3.05) is 32.6 Å². The maximum atomic E-state index is 12.1. The van der Waals surface area contributed by atoms with Gasteiger partial charge in [-0.3, -0.25) is 9.36 Å². The molecule has 0 amide bonds. The molecule has 0 spiro atoms.